The number of benzene rings is 1. The van der Waals surface area contributed by atoms with Crippen molar-refractivity contribution in [3.63, 3.8) is 0 Å². The highest BCUT2D eigenvalue weighted by Crippen LogP contribution is 2.18. The van der Waals surface area contributed by atoms with E-state index in [9.17, 15) is 13.2 Å². The average Bonchev–Trinajstić information content (AvgIpc) is 2.93. The van der Waals surface area contributed by atoms with Crippen molar-refractivity contribution in [2.24, 2.45) is 0 Å². The Balaban J connectivity index is 1.80. The van der Waals surface area contributed by atoms with E-state index >= 15 is 0 Å². The molecule has 1 saturated heterocycles. The van der Waals surface area contributed by atoms with E-state index in [1.165, 1.54) is 0 Å². The molecule has 0 aliphatic carbocycles. The molecule has 6 nitrogen and oxygen atoms in total. The Hall–Kier alpha value is -1.60. The number of hydrogen-bond acceptors (Lipinski definition) is 5. The molecular weight excluding hydrogens is 328 g/mol. The molecule has 24 heavy (non-hydrogen) atoms. The number of likely N-dealkylation sites (N-methyl/N-ethyl adjacent to an activating group) is 1. The fraction of sp³-hybridized carbons (Fsp3) is 0.588. The molecule has 1 N–H and O–H groups in total. The van der Waals surface area contributed by atoms with Gasteiger partial charge in [0.1, 0.15) is 5.75 Å². The third kappa shape index (κ3) is 5.21. The number of rotatable bonds is 8. The Morgan fingerprint density at radius 2 is 2.12 bits per heavy atom. The average molecular weight is 354 g/mol. The van der Waals surface area contributed by atoms with Crippen LogP contribution < -0.4 is 10.1 Å². The van der Waals surface area contributed by atoms with E-state index in [-0.39, 0.29) is 30.0 Å². The molecule has 2 rings (SSSR count). The molecule has 1 aliphatic rings. The van der Waals surface area contributed by atoms with Crippen molar-refractivity contribution in [1.82, 2.24) is 10.2 Å². The van der Waals surface area contributed by atoms with Crippen LogP contribution in [0.2, 0.25) is 0 Å². The number of methoxy groups -OCH3 is 1. The highest BCUT2D eigenvalue weighted by Gasteiger charge is 2.32. The molecule has 1 atom stereocenters. The van der Waals surface area contributed by atoms with E-state index in [4.69, 9.17) is 4.74 Å². The van der Waals surface area contributed by atoms with Crippen LogP contribution >= 0.6 is 0 Å². The van der Waals surface area contributed by atoms with Crippen molar-refractivity contribution >= 4 is 15.7 Å². The van der Waals surface area contributed by atoms with E-state index < -0.39 is 9.84 Å². The Morgan fingerprint density at radius 1 is 1.38 bits per heavy atom. The second-order valence-corrected chi connectivity index (χ2v) is 8.26. The summed E-state index contributed by atoms with van der Waals surface area (Å²) in [4.78, 5) is 14.1. The smallest absolute Gasteiger partial charge is 0.234 e. The Morgan fingerprint density at radius 3 is 2.75 bits per heavy atom. The van der Waals surface area contributed by atoms with Crippen molar-refractivity contribution < 1.29 is 17.9 Å². The van der Waals surface area contributed by atoms with E-state index in [0.717, 1.165) is 11.3 Å². The van der Waals surface area contributed by atoms with E-state index in [1.54, 1.807) is 7.11 Å². The third-order valence-electron chi connectivity index (χ3n) is 4.39. The van der Waals surface area contributed by atoms with Crippen LogP contribution in [0.15, 0.2) is 24.3 Å². The summed E-state index contributed by atoms with van der Waals surface area (Å²) >= 11 is 0. The lowest BCUT2D eigenvalue weighted by atomic mass is 10.1. The minimum absolute atomic E-state index is 0.0417. The van der Waals surface area contributed by atoms with Crippen molar-refractivity contribution in [2.45, 2.75) is 25.8 Å². The lowest BCUT2D eigenvalue weighted by Gasteiger charge is -2.25. The van der Waals surface area contributed by atoms with Gasteiger partial charge >= 0.3 is 0 Å². The Bertz CT molecular complexity index is 660. The maximum Gasteiger partial charge on any atom is 0.234 e. The monoisotopic (exact) mass is 354 g/mol. The van der Waals surface area contributed by atoms with Crippen LogP contribution in [0.25, 0.3) is 0 Å². The van der Waals surface area contributed by atoms with Gasteiger partial charge in [-0.3, -0.25) is 9.69 Å². The molecule has 1 aromatic rings. The van der Waals surface area contributed by atoms with Crippen LogP contribution in [-0.4, -0.2) is 63.5 Å². The molecular formula is C17H26N2O4S. The van der Waals surface area contributed by atoms with Gasteiger partial charge in [0.2, 0.25) is 5.91 Å². The van der Waals surface area contributed by atoms with Gasteiger partial charge in [0.25, 0.3) is 0 Å². The molecule has 7 heteroatoms. The first-order chi connectivity index (χ1) is 11.4. The zero-order chi connectivity index (χ0) is 17.6. The predicted molar refractivity (Wildman–Crippen MR) is 94.0 cm³/mol. The number of hydrogen-bond donors (Lipinski definition) is 1. The van der Waals surface area contributed by atoms with Crippen LogP contribution in [0.5, 0.6) is 5.75 Å². The number of nitrogens with one attached hydrogen (secondary N) is 1. The largest absolute Gasteiger partial charge is 0.496 e. The maximum atomic E-state index is 12.1. The number of nitrogens with zero attached hydrogens (tertiary/aromatic N) is 1. The summed E-state index contributed by atoms with van der Waals surface area (Å²) in [5.41, 5.74) is 1.05. The van der Waals surface area contributed by atoms with Gasteiger partial charge in [-0.05, 0) is 31.0 Å². The molecule has 0 spiro atoms. The minimum atomic E-state index is -2.93. The highest BCUT2D eigenvalue weighted by molar-refractivity contribution is 7.91. The van der Waals surface area contributed by atoms with Gasteiger partial charge in [0.15, 0.2) is 9.84 Å². The maximum absolute atomic E-state index is 12.1. The summed E-state index contributed by atoms with van der Waals surface area (Å²) in [7, 11) is -1.30. The zero-order valence-corrected chi connectivity index (χ0v) is 15.1. The summed E-state index contributed by atoms with van der Waals surface area (Å²) in [5, 5.41) is 2.91. The SMILES string of the molecule is CCN(CC(=O)NCCc1ccccc1OC)C1CCS(=O)(=O)C1. The summed E-state index contributed by atoms with van der Waals surface area (Å²) in [6, 6.07) is 7.69. The van der Waals surface area contributed by atoms with Gasteiger partial charge in [-0.2, -0.15) is 0 Å². The quantitative estimate of drug-likeness (QED) is 0.749. The molecule has 134 valence electrons. The predicted octanol–water partition coefficient (Wildman–Crippen LogP) is 0.863. The second kappa shape index (κ2) is 8.48. The van der Waals surface area contributed by atoms with Crippen molar-refractivity contribution in [2.75, 3.05) is 38.2 Å². The van der Waals surface area contributed by atoms with E-state index in [0.29, 0.717) is 25.9 Å². The Labute approximate surface area is 144 Å². The topological polar surface area (TPSA) is 75.7 Å². The first kappa shape index (κ1) is 18.7. The first-order valence-electron chi connectivity index (χ1n) is 8.28. The lowest BCUT2D eigenvalue weighted by Crippen LogP contribution is -2.43. The van der Waals surface area contributed by atoms with E-state index in [1.807, 2.05) is 36.1 Å². The highest BCUT2D eigenvalue weighted by atomic mass is 32.2. The third-order valence-corrected chi connectivity index (χ3v) is 6.14. The summed E-state index contributed by atoms with van der Waals surface area (Å²) < 4.78 is 28.5. The number of amides is 1. The normalized spacial score (nSPS) is 19.4. The molecule has 0 aromatic heterocycles. The van der Waals surface area contributed by atoms with Gasteiger partial charge in [0.05, 0.1) is 25.2 Å². The molecule has 1 amide bonds. The van der Waals surface area contributed by atoms with Crippen molar-refractivity contribution in [3.05, 3.63) is 29.8 Å². The van der Waals surface area contributed by atoms with Crippen LogP contribution in [0.4, 0.5) is 0 Å². The Kier molecular flexibility index (Phi) is 6.62. The van der Waals surface area contributed by atoms with Gasteiger partial charge in [-0.25, -0.2) is 8.42 Å². The van der Waals surface area contributed by atoms with Crippen LogP contribution in [-0.2, 0) is 21.1 Å². The number of carbonyl (C=O) groups is 1. The van der Waals surface area contributed by atoms with Gasteiger partial charge < -0.3 is 10.1 Å². The van der Waals surface area contributed by atoms with Crippen LogP contribution in [0.1, 0.15) is 18.9 Å². The minimum Gasteiger partial charge on any atom is -0.496 e. The van der Waals surface area contributed by atoms with Gasteiger partial charge in [0, 0.05) is 12.6 Å². The fourth-order valence-electron chi connectivity index (χ4n) is 3.05. The van der Waals surface area contributed by atoms with Gasteiger partial charge in [-0.15, -0.1) is 0 Å². The lowest BCUT2D eigenvalue weighted by molar-refractivity contribution is -0.122. The van der Waals surface area contributed by atoms with Crippen molar-refractivity contribution in [1.29, 1.82) is 0 Å². The summed E-state index contributed by atoms with van der Waals surface area (Å²) in [5.74, 6) is 1.13. The molecule has 1 unspecified atom stereocenters. The van der Waals surface area contributed by atoms with Crippen molar-refractivity contribution in [3.8, 4) is 5.75 Å². The number of carbonyl (C=O) groups excluding carboxylic acids is 1. The number of para-hydroxylation sites is 1. The fourth-order valence-corrected chi connectivity index (χ4v) is 4.81. The molecule has 1 fully saturated rings. The second-order valence-electron chi connectivity index (χ2n) is 6.03. The zero-order valence-electron chi connectivity index (χ0n) is 14.3. The van der Waals surface area contributed by atoms with Crippen LogP contribution in [0.3, 0.4) is 0 Å². The molecule has 0 saturated carbocycles. The summed E-state index contributed by atoms with van der Waals surface area (Å²) in [6.45, 7) is 3.38. The molecule has 0 bridgehead atoms. The summed E-state index contributed by atoms with van der Waals surface area (Å²) in [6.07, 6.45) is 1.31. The number of sulfone groups is 1. The molecule has 0 radical (unpaired) electrons. The van der Waals surface area contributed by atoms with Crippen LogP contribution in [0, 0.1) is 0 Å². The number of ether oxygens (including phenoxy) is 1. The standard InChI is InChI=1S/C17H26N2O4S/c1-3-19(15-9-11-24(21,22)13-15)12-17(20)18-10-8-14-6-4-5-7-16(14)23-2/h4-7,15H,3,8-13H2,1-2H3,(H,18,20). The molecule has 1 aliphatic heterocycles. The molecule has 1 aromatic carbocycles. The van der Waals surface area contributed by atoms with E-state index in [2.05, 4.69) is 5.32 Å². The van der Waals surface area contributed by atoms with Gasteiger partial charge in [-0.1, -0.05) is 25.1 Å². The molecule has 1 heterocycles. The first-order valence-corrected chi connectivity index (χ1v) is 10.1.